The summed E-state index contributed by atoms with van der Waals surface area (Å²) in [6.07, 6.45) is 0. The van der Waals surface area contributed by atoms with Gasteiger partial charge in [0.1, 0.15) is 10.6 Å². The third-order valence-electron chi connectivity index (χ3n) is 4.59. The third kappa shape index (κ3) is 4.76. The van der Waals surface area contributed by atoms with Crippen LogP contribution in [0.4, 0.5) is 10.7 Å². The van der Waals surface area contributed by atoms with Gasteiger partial charge in [-0.1, -0.05) is 29.8 Å². The summed E-state index contributed by atoms with van der Waals surface area (Å²) in [5.74, 6) is -1.13. The number of ether oxygens (including phenoxy) is 1. The highest BCUT2D eigenvalue weighted by Gasteiger charge is 2.26. The normalized spacial score (nSPS) is 10.6. The van der Waals surface area contributed by atoms with Crippen molar-refractivity contribution in [1.82, 2.24) is 0 Å². The largest absolute Gasteiger partial charge is 0.462 e. The average Bonchev–Trinajstić information content (AvgIpc) is 3.04. The van der Waals surface area contributed by atoms with Gasteiger partial charge in [0.2, 0.25) is 0 Å². The lowest BCUT2D eigenvalue weighted by atomic mass is 10.0. The predicted molar refractivity (Wildman–Crippen MR) is 121 cm³/mol. The Labute approximate surface area is 187 Å². The van der Waals surface area contributed by atoms with Gasteiger partial charge in [0.05, 0.1) is 11.5 Å². The molecule has 3 aromatic rings. The molecule has 1 amide bonds. The topological polar surface area (TPSA) is 98.5 Å². The standard InChI is InChI=1S/C22H19ClN2O5S/c1-4-30-22(27)19-18(14-7-9-16(23)10-8-14)13(3)31-21(19)24-20(26)15-6-5-12(2)17(11-15)25(28)29/h5-11H,4H2,1-3H3,(H,24,26). The summed E-state index contributed by atoms with van der Waals surface area (Å²) in [6.45, 7) is 5.30. The summed E-state index contributed by atoms with van der Waals surface area (Å²) in [5, 5.41) is 14.8. The number of hydrogen-bond donors (Lipinski definition) is 1. The van der Waals surface area contributed by atoms with Crippen molar-refractivity contribution in [3.63, 3.8) is 0 Å². The minimum absolute atomic E-state index is 0.117. The molecule has 0 spiro atoms. The van der Waals surface area contributed by atoms with Gasteiger partial charge < -0.3 is 10.1 Å². The number of carbonyl (C=O) groups excluding carboxylic acids is 2. The zero-order valence-corrected chi connectivity index (χ0v) is 18.6. The molecule has 0 aliphatic rings. The Balaban J connectivity index is 2.05. The lowest BCUT2D eigenvalue weighted by Crippen LogP contribution is -2.15. The quantitative estimate of drug-likeness (QED) is 0.276. The highest BCUT2D eigenvalue weighted by atomic mass is 35.5. The second kappa shape index (κ2) is 9.28. The van der Waals surface area contributed by atoms with Crippen LogP contribution in [-0.2, 0) is 4.74 Å². The van der Waals surface area contributed by atoms with E-state index in [1.807, 2.05) is 6.92 Å². The average molecular weight is 459 g/mol. The highest BCUT2D eigenvalue weighted by Crippen LogP contribution is 2.41. The van der Waals surface area contributed by atoms with E-state index in [0.717, 1.165) is 10.4 Å². The smallest absolute Gasteiger partial charge is 0.341 e. The fourth-order valence-corrected chi connectivity index (χ4v) is 4.30. The summed E-state index contributed by atoms with van der Waals surface area (Å²) < 4.78 is 5.22. The first kappa shape index (κ1) is 22.5. The first-order valence-corrected chi connectivity index (χ1v) is 10.5. The van der Waals surface area contributed by atoms with E-state index >= 15 is 0 Å². The molecule has 0 fully saturated rings. The number of esters is 1. The number of nitro groups is 1. The number of rotatable bonds is 6. The maximum atomic E-state index is 12.8. The number of nitrogens with zero attached hydrogens (tertiary/aromatic N) is 1. The van der Waals surface area contributed by atoms with Crippen molar-refractivity contribution in [3.8, 4) is 11.1 Å². The van der Waals surface area contributed by atoms with Gasteiger partial charge in [-0.15, -0.1) is 11.3 Å². The number of carbonyl (C=O) groups is 2. The first-order chi connectivity index (χ1) is 14.7. The van der Waals surface area contributed by atoms with Gasteiger partial charge in [-0.05, 0) is 44.5 Å². The molecule has 1 aromatic heterocycles. The number of nitro benzene ring substituents is 1. The van der Waals surface area contributed by atoms with Crippen molar-refractivity contribution in [2.24, 2.45) is 0 Å². The molecule has 3 rings (SSSR count). The molecule has 0 saturated carbocycles. The van der Waals surface area contributed by atoms with Gasteiger partial charge in [-0.2, -0.15) is 0 Å². The molecule has 0 saturated heterocycles. The van der Waals surface area contributed by atoms with Crippen LogP contribution in [0.25, 0.3) is 11.1 Å². The van der Waals surface area contributed by atoms with Crippen LogP contribution in [0.15, 0.2) is 42.5 Å². The number of hydrogen-bond acceptors (Lipinski definition) is 6. The van der Waals surface area contributed by atoms with Crippen molar-refractivity contribution in [2.45, 2.75) is 20.8 Å². The molecule has 0 aliphatic carbocycles. The van der Waals surface area contributed by atoms with E-state index in [1.165, 1.54) is 29.5 Å². The van der Waals surface area contributed by atoms with E-state index in [1.54, 1.807) is 38.1 Å². The summed E-state index contributed by atoms with van der Waals surface area (Å²) in [4.78, 5) is 37.1. The number of anilines is 1. The number of aryl methyl sites for hydroxylation is 2. The lowest BCUT2D eigenvalue weighted by molar-refractivity contribution is -0.385. The molecule has 0 atom stereocenters. The second-order valence-corrected chi connectivity index (χ2v) is 8.34. The molecule has 0 radical (unpaired) electrons. The minimum Gasteiger partial charge on any atom is -0.462 e. The Bertz CT molecular complexity index is 1170. The van der Waals surface area contributed by atoms with Crippen LogP contribution >= 0.6 is 22.9 Å². The third-order valence-corrected chi connectivity index (χ3v) is 5.86. The van der Waals surface area contributed by atoms with Gasteiger partial charge in [-0.25, -0.2) is 4.79 Å². The monoisotopic (exact) mass is 458 g/mol. The molecule has 0 aliphatic heterocycles. The van der Waals surface area contributed by atoms with Crippen LogP contribution in [0.1, 0.15) is 38.1 Å². The Morgan fingerprint density at radius 1 is 1.16 bits per heavy atom. The lowest BCUT2D eigenvalue weighted by Gasteiger charge is -2.09. The summed E-state index contributed by atoms with van der Waals surface area (Å²) in [7, 11) is 0. The molecule has 31 heavy (non-hydrogen) atoms. The van der Waals surface area contributed by atoms with Crippen LogP contribution < -0.4 is 5.32 Å². The summed E-state index contributed by atoms with van der Waals surface area (Å²) >= 11 is 7.22. The van der Waals surface area contributed by atoms with Gasteiger partial charge in [0, 0.05) is 32.7 Å². The van der Waals surface area contributed by atoms with Crippen LogP contribution in [-0.4, -0.2) is 23.4 Å². The minimum atomic E-state index is -0.568. The van der Waals surface area contributed by atoms with Crippen molar-refractivity contribution in [3.05, 3.63) is 79.2 Å². The van der Waals surface area contributed by atoms with E-state index in [-0.39, 0.29) is 23.4 Å². The van der Waals surface area contributed by atoms with Crippen LogP contribution in [0.3, 0.4) is 0 Å². The Kier molecular flexibility index (Phi) is 6.72. The first-order valence-electron chi connectivity index (χ1n) is 9.35. The van der Waals surface area contributed by atoms with Crippen molar-refractivity contribution >= 4 is 45.5 Å². The Hall–Kier alpha value is -3.23. The van der Waals surface area contributed by atoms with Gasteiger partial charge in [-0.3, -0.25) is 14.9 Å². The molecule has 9 heteroatoms. The van der Waals surface area contributed by atoms with Crippen molar-refractivity contribution in [2.75, 3.05) is 11.9 Å². The SMILES string of the molecule is CCOC(=O)c1c(NC(=O)c2ccc(C)c([N+](=O)[O-])c2)sc(C)c1-c1ccc(Cl)cc1. The van der Waals surface area contributed by atoms with Crippen molar-refractivity contribution in [1.29, 1.82) is 0 Å². The molecule has 0 unspecified atom stereocenters. The highest BCUT2D eigenvalue weighted by molar-refractivity contribution is 7.17. The van der Waals surface area contributed by atoms with Crippen molar-refractivity contribution < 1.29 is 19.2 Å². The van der Waals surface area contributed by atoms with Gasteiger partial charge in [0.25, 0.3) is 11.6 Å². The fourth-order valence-electron chi connectivity index (χ4n) is 3.12. The summed E-state index contributed by atoms with van der Waals surface area (Å²) in [5.41, 5.74) is 2.05. The molecule has 7 nitrogen and oxygen atoms in total. The molecule has 160 valence electrons. The van der Waals surface area contributed by atoms with E-state index in [0.29, 0.717) is 21.2 Å². The maximum absolute atomic E-state index is 12.8. The van der Waals surface area contributed by atoms with Gasteiger partial charge >= 0.3 is 5.97 Å². The Morgan fingerprint density at radius 3 is 2.45 bits per heavy atom. The van der Waals surface area contributed by atoms with E-state index in [9.17, 15) is 19.7 Å². The number of halogens is 1. The van der Waals surface area contributed by atoms with Crippen LogP contribution in [0.5, 0.6) is 0 Å². The fraction of sp³-hybridized carbons (Fsp3) is 0.182. The zero-order valence-electron chi connectivity index (χ0n) is 17.0. The number of thiophene rings is 1. The Morgan fingerprint density at radius 2 is 1.84 bits per heavy atom. The number of nitrogens with one attached hydrogen (secondary N) is 1. The van der Waals surface area contributed by atoms with Crippen LogP contribution in [0.2, 0.25) is 5.02 Å². The van der Waals surface area contributed by atoms with E-state index < -0.39 is 16.8 Å². The molecule has 1 heterocycles. The predicted octanol–water partition coefficient (Wildman–Crippen LogP) is 6.02. The maximum Gasteiger partial charge on any atom is 0.341 e. The molecule has 1 N–H and O–H groups in total. The van der Waals surface area contributed by atoms with Crippen LogP contribution in [0, 0.1) is 24.0 Å². The number of amides is 1. The molecular formula is C22H19ClN2O5S. The second-order valence-electron chi connectivity index (χ2n) is 6.68. The molecule has 0 bridgehead atoms. The van der Waals surface area contributed by atoms with E-state index in [4.69, 9.17) is 16.3 Å². The van der Waals surface area contributed by atoms with Gasteiger partial charge in [0.15, 0.2) is 0 Å². The summed E-state index contributed by atoms with van der Waals surface area (Å²) in [6, 6.07) is 11.2. The molecule has 2 aromatic carbocycles. The van der Waals surface area contributed by atoms with E-state index in [2.05, 4.69) is 5.32 Å². The number of benzene rings is 2. The zero-order chi connectivity index (χ0) is 22.7. The molecular weight excluding hydrogens is 440 g/mol.